The van der Waals surface area contributed by atoms with Crippen molar-refractivity contribution in [1.29, 1.82) is 0 Å². The first-order chi connectivity index (χ1) is 15.5. The molecule has 0 atom stereocenters. The Morgan fingerprint density at radius 1 is 0.906 bits per heavy atom. The molecule has 0 saturated heterocycles. The van der Waals surface area contributed by atoms with Crippen LogP contribution in [0, 0.1) is 0 Å². The second kappa shape index (κ2) is 7.76. The van der Waals surface area contributed by atoms with E-state index in [1.54, 1.807) is 0 Å². The maximum absolute atomic E-state index is 13.0. The molecule has 3 heterocycles. The summed E-state index contributed by atoms with van der Waals surface area (Å²) in [5, 5.41) is 9.14. The summed E-state index contributed by atoms with van der Waals surface area (Å²) in [7, 11) is 6.03. The van der Waals surface area contributed by atoms with Gasteiger partial charge in [0.05, 0.1) is 16.7 Å². The molecule has 0 spiro atoms. The highest BCUT2D eigenvalue weighted by Crippen LogP contribution is 2.37. The van der Waals surface area contributed by atoms with Crippen LogP contribution in [0.15, 0.2) is 54.7 Å². The van der Waals surface area contributed by atoms with Gasteiger partial charge in [0, 0.05) is 41.6 Å². The van der Waals surface area contributed by atoms with Gasteiger partial charge in [-0.3, -0.25) is 19.6 Å². The average molecular weight is 428 g/mol. The lowest BCUT2D eigenvalue weighted by atomic mass is 9.97. The van der Waals surface area contributed by atoms with Crippen molar-refractivity contribution in [2.24, 2.45) is 7.05 Å². The lowest BCUT2D eigenvalue weighted by Crippen LogP contribution is -2.22. The van der Waals surface area contributed by atoms with Crippen molar-refractivity contribution in [2.75, 3.05) is 20.6 Å². The molecule has 1 N–H and O–H groups in total. The number of para-hydroxylation sites is 2. The van der Waals surface area contributed by atoms with E-state index in [0.717, 1.165) is 46.9 Å². The standard InChI is InChI=1S/C25H25N5O2/c1-28(2)13-8-14-30-20-12-7-5-10-17(20)23(27-30)22-21(24(31)26-25(22)32)18-15-29(3)19-11-6-4-9-16(18)19/h4-7,9-12,15H,8,13-14H2,1-3H3,(H,26,31,32). The summed E-state index contributed by atoms with van der Waals surface area (Å²) < 4.78 is 3.92. The highest BCUT2D eigenvalue weighted by molar-refractivity contribution is 6.50. The summed E-state index contributed by atoms with van der Waals surface area (Å²) in [6, 6.07) is 15.8. The minimum atomic E-state index is -0.401. The Hall–Kier alpha value is -3.71. The summed E-state index contributed by atoms with van der Waals surface area (Å²) in [5.41, 5.74) is 3.98. The van der Waals surface area contributed by atoms with E-state index in [4.69, 9.17) is 5.10 Å². The maximum Gasteiger partial charge on any atom is 0.261 e. The first-order valence-electron chi connectivity index (χ1n) is 10.7. The molecule has 0 saturated carbocycles. The van der Waals surface area contributed by atoms with Gasteiger partial charge in [0.2, 0.25) is 0 Å². The van der Waals surface area contributed by atoms with Crippen molar-refractivity contribution >= 4 is 44.8 Å². The molecule has 7 nitrogen and oxygen atoms in total. The second-order valence-corrected chi connectivity index (χ2v) is 8.45. The molecule has 0 radical (unpaired) electrons. The van der Waals surface area contributed by atoms with Crippen LogP contribution in [0.2, 0.25) is 0 Å². The van der Waals surface area contributed by atoms with E-state index < -0.39 is 5.91 Å². The van der Waals surface area contributed by atoms with Crippen molar-refractivity contribution in [3.63, 3.8) is 0 Å². The van der Waals surface area contributed by atoms with Crippen LogP contribution >= 0.6 is 0 Å². The van der Waals surface area contributed by atoms with Crippen LogP contribution in [0.3, 0.4) is 0 Å². The van der Waals surface area contributed by atoms with E-state index in [9.17, 15) is 9.59 Å². The Morgan fingerprint density at radius 2 is 1.56 bits per heavy atom. The zero-order valence-corrected chi connectivity index (χ0v) is 18.4. The number of imide groups is 1. The second-order valence-electron chi connectivity index (χ2n) is 8.45. The zero-order chi connectivity index (χ0) is 22.4. The van der Waals surface area contributed by atoms with E-state index >= 15 is 0 Å². The number of fused-ring (bicyclic) bond motifs is 2. The van der Waals surface area contributed by atoms with Gasteiger partial charge in [-0.15, -0.1) is 0 Å². The molecule has 0 bridgehead atoms. The third-order valence-electron chi connectivity index (χ3n) is 5.97. The first-order valence-corrected chi connectivity index (χ1v) is 10.7. The van der Waals surface area contributed by atoms with Gasteiger partial charge >= 0.3 is 0 Å². The van der Waals surface area contributed by atoms with Gasteiger partial charge in [-0.2, -0.15) is 5.10 Å². The predicted molar refractivity (Wildman–Crippen MR) is 126 cm³/mol. The van der Waals surface area contributed by atoms with E-state index in [1.807, 2.05) is 85.1 Å². The number of nitrogens with zero attached hydrogens (tertiary/aromatic N) is 4. The number of benzene rings is 2. The number of aromatic nitrogens is 3. The molecule has 32 heavy (non-hydrogen) atoms. The van der Waals surface area contributed by atoms with Crippen LogP contribution < -0.4 is 5.32 Å². The number of hydrogen-bond acceptors (Lipinski definition) is 4. The number of carbonyl (C=O) groups excluding carboxylic acids is 2. The predicted octanol–water partition coefficient (Wildman–Crippen LogP) is 3.05. The van der Waals surface area contributed by atoms with E-state index in [0.29, 0.717) is 16.8 Å². The smallest absolute Gasteiger partial charge is 0.261 e. The van der Waals surface area contributed by atoms with Gasteiger partial charge in [-0.05, 0) is 39.2 Å². The molecule has 0 unspecified atom stereocenters. The Balaban J connectivity index is 1.72. The number of aryl methyl sites for hydroxylation is 2. The number of nitrogens with one attached hydrogen (secondary N) is 1. The van der Waals surface area contributed by atoms with Crippen LogP contribution in [0.1, 0.15) is 17.7 Å². The lowest BCUT2D eigenvalue weighted by Gasteiger charge is -2.09. The van der Waals surface area contributed by atoms with E-state index in [-0.39, 0.29) is 5.91 Å². The van der Waals surface area contributed by atoms with Crippen LogP contribution in [0.25, 0.3) is 33.0 Å². The summed E-state index contributed by atoms with van der Waals surface area (Å²) in [6.07, 6.45) is 2.84. The minimum absolute atomic E-state index is 0.342. The van der Waals surface area contributed by atoms with Crippen molar-refractivity contribution in [3.8, 4) is 0 Å². The Bertz CT molecular complexity index is 1410. The van der Waals surface area contributed by atoms with Gasteiger partial charge in [-0.1, -0.05) is 36.4 Å². The molecule has 1 aliphatic rings. The van der Waals surface area contributed by atoms with Crippen LogP contribution in [0.4, 0.5) is 0 Å². The zero-order valence-electron chi connectivity index (χ0n) is 18.4. The maximum atomic E-state index is 13.0. The Labute approximate surface area is 185 Å². The third-order valence-corrected chi connectivity index (χ3v) is 5.97. The normalized spacial score (nSPS) is 14.4. The molecular weight excluding hydrogens is 402 g/mol. The summed E-state index contributed by atoms with van der Waals surface area (Å²) in [5.74, 6) is -0.783. The number of carbonyl (C=O) groups is 2. The first kappa shape index (κ1) is 20.2. The molecule has 2 aromatic heterocycles. The highest BCUT2D eigenvalue weighted by Gasteiger charge is 2.36. The van der Waals surface area contributed by atoms with Crippen LogP contribution in [0.5, 0.6) is 0 Å². The van der Waals surface area contributed by atoms with Gasteiger partial charge in [0.15, 0.2) is 0 Å². The number of rotatable bonds is 6. The van der Waals surface area contributed by atoms with Gasteiger partial charge in [0.25, 0.3) is 11.8 Å². The van der Waals surface area contributed by atoms with E-state index in [2.05, 4.69) is 10.2 Å². The molecule has 162 valence electrons. The molecule has 2 aromatic carbocycles. The number of amides is 2. The summed E-state index contributed by atoms with van der Waals surface area (Å²) >= 11 is 0. The number of hydrogen-bond donors (Lipinski definition) is 1. The molecule has 5 rings (SSSR count). The Morgan fingerprint density at radius 3 is 2.31 bits per heavy atom. The highest BCUT2D eigenvalue weighted by atomic mass is 16.2. The van der Waals surface area contributed by atoms with Crippen molar-refractivity contribution < 1.29 is 9.59 Å². The fourth-order valence-electron chi connectivity index (χ4n) is 4.50. The SMILES string of the molecule is CN(C)CCCn1nc(C2=C(c3cn(C)c4ccccc34)C(=O)NC2=O)c2ccccc21. The van der Waals surface area contributed by atoms with Crippen molar-refractivity contribution in [3.05, 3.63) is 66.0 Å². The minimum Gasteiger partial charge on any atom is -0.350 e. The quantitative estimate of drug-likeness (QED) is 0.480. The molecule has 7 heteroatoms. The summed E-state index contributed by atoms with van der Waals surface area (Å²) in [6.45, 7) is 1.66. The molecule has 0 aliphatic carbocycles. The molecule has 4 aromatic rings. The van der Waals surface area contributed by atoms with Gasteiger partial charge < -0.3 is 9.47 Å². The molecular formula is C25H25N5O2. The fourth-order valence-corrected chi connectivity index (χ4v) is 4.50. The van der Waals surface area contributed by atoms with E-state index in [1.165, 1.54) is 0 Å². The fraction of sp³-hybridized carbons (Fsp3) is 0.240. The molecule has 0 fully saturated rings. The van der Waals surface area contributed by atoms with Crippen molar-refractivity contribution in [2.45, 2.75) is 13.0 Å². The largest absolute Gasteiger partial charge is 0.350 e. The average Bonchev–Trinajstić information content (AvgIpc) is 3.39. The monoisotopic (exact) mass is 427 g/mol. The lowest BCUT2D eigenvalue weighted by molar-refractivity contribution is -0.122. The molecule has 2 amide bonds. The topological polar surface area (TPSA) is 72.2 Å². The van der Waals surface area contributed by atoms with Crippen LogP contribution in [-0.4, -0.2) is 51.7 Å². The van der Waals surface area contributed by atoms with Crippen LogP contribution in [-0.2, 0) is 23.2 Å². The third kappa shape index (κ3) is 3.22. The molecule has 1 aliphatic heterocycles. The van der Waals surface area contributed by atoms with Gasteiger partial charge in [0.1, 0.15) is 5.69 Å². The van der Waals surface area contributed by atoms with Gasteiger partial charge in [-0.25, -0.2) is 0 Å². The van der Waals surface area contributed by atoms with Crippen molar-refractivity contribution in [1.82, 2.24) is 24.6 Å². The Kier molecular flexibility index (Phi) is 4.90. The summed E-state index contributed by atoms with van der Waals surface area (Å²) in [4.78, 5) is 28.1.